The van der Waals surface area contributed by atoms with E-state index < -0.39 is 0 Å². The summed E-state index contributed by atoms with van der Waals surface area (Å²) in [5.74, 6) is 0.565. The van der Waals surface area contributed by atoms with Crippen LogP contribution in [-0.2, 0) is 0 Å². The van der Waals surface area contributed by atoms with Gasteiger partial charge in [0.15, 0.2) is 0 Å². The average Bonchev–Trinajstić information content (AvgIpc) is 1.89. The van der Waals surface area contributed by atoms with Crippen LogP contribution >= 0.6 is 0 Å². The molecular weight excluding hydrogens is 124 g/mol. The van der Waals surface area contributed by atoms with Gasteiger partial charge in [-0.15, -0.1) is 6.58 Å². The number of aliphatic imine (C=N–C) groups is 1. The van der Waals surface area contributed by atoms with E-state index in [9.17, 15) is 0 Å². The van der Waals surface area contributed by atoms with Crippen molar-refractivity contribution in [2.75, 3.05) is 7.05 Å². The molecule has 0 aromatic carbocycles. The van der Waals surface area contributed by atoms with Crippen LogP contribution in [0.2, 0.25) is 0 Å². The fraction of sp³-hybridized carbons (Fsp3) is 0.625. The van der Waals surface area contributed by atoms with Gasteiger partial charge in [-0.1, -0.05) is 19.9 Å². The zero-order chi connectivity index (χ0) is 7.98. The third-order valence-electron chi connectivity index (χ3n) is 1.37. The van der Waals surface area contributed by atoms with Gasteiger partial charge in [-0.25, -0.2) is 0 Å². The molecule has 0 aliphatic heterocycles. The van der Waals surface area contributed by atoms with Crippen LogP contribution in [0.15, 0.2) is 17.6 Å². The van der Waals surface area contributed by atoms with Gasteiger partial charge in [-0.3, -0.25) is 4.99 Å². The molecule has 1 atom stereocenters. The van der Waals surface area contributed by atoms with Crippen molar-refractivity contribution >= 4 is 6.34 Å². The van der Waals surface area contributed by atoms with Crippen LogP contribution in [0.5, 0.6) is 0 Å². The summed E-state index contributed by atoms with van der Waals surface area (Å²) in [6, 6.07) is 0.337. The lowest BCUT2D eigenvalue weighted by Gasteiger charge is -2.15. The number of hydrogen-bond acceptors (Lipinski definition) is 1. The molecule has 0 aromatic rings. The van der Waals surface area contributed by atoms with E-state index in [1.165, 1.54) is 0 Å². The molecule has 2 heteroatoms. The van der Waals surface area contributed by atoms with Crippen LogP contribution in [0.4, 0.5) is 0 Å². The van der Waals surface area contributed by atoms with Gasteiger partial charge in [-0.2, -0.15) is 0 Å². The van der Waals surface area contributed by atoms with Gasteiger partial charge in [0, 0.05) is 13.1 Å². The molecule has 0 saturated carbocycles. The summed E-state index contributed by atoms with van der Waals surface area (Å²) in [5.41, 5.74) is 0. The van der Waals surface area contributed by atoms with Crippen LogP contribution in [0, 0.1) is 5.92 Å². The van der Waals surface area contributed by atoms with E-state index in [1.54, 1.807) is 13.4 Å². The van der Waals surface area contributed by atoms with Crippen molar-refractivity contribution in [2.24, 2.45) is 10.9 Å². The maximum Gasteiger partial charge on any atom is 0.0825 e. The quantitative estimate of drug-likeness (QED) is 0.357. The molecule has 0 bridgehead atoms. The van der Waals surface area contributed by atoms with Gasteiger partial charge in [0.25, 0.3) is 0 Å². The van der Waals surface area contributed by atoms with Gasteiger partial charge in [0.1, 0.15) is 0 Å². The Labute approximate surface area is 63.0 Å². The first kappa shape index (κ1) is 9.21. The molecule has 0 aliphatic rings. The summed E-state index contributed by atoms with van der Waals surface area (Å²) in [5, 5.41) is 3.11. The van der Waals surface area contributed by atoms with Gasteiger partial charge >= 0.3 is 0 Å². The zero-order valence-electron chi connectivity index (χ0n) is 6.96. The molecular formula is C8H16N2. The molecule has 1 unspecified atom stereocenters. The largest absolute Gasteiger partial charge is 0.370 e. The van der Waals surface area contributed by atoms with Crippen molar-refractivity contribution in [2.45, 2.75) is 19.9 Å². The summed E-state index contributed by atoms with van der Waals surface area (Å²) in [6.07, 6.45) is 3.60. The topological polar surface area (TPSA) is 24.4 Å². The van der Waals surface area contributed by atoms with Gasteiger partial charge in [0.05, 0.1) is 6.34 Å². The maximum atomic E-state index is 3.82. The molecule has 0 saturated heterocycles. The summed E-state index contributed by atoms with van der Waals surface area (Å²) >= 11 is 0. The lowest BCUT2D eigenvalue weighted by molar-refractivity contribution is 0.533. The lowest BCUT2D eigenvalue weighted by atomic mass is 10.1. The molecule has 1 N–H and O–H groups in total. The van der Waals surface area contributed by atoms with Crippen molar-refractivity contribution in [3.8, 4) is 0 Å². The molecule has 0 amide bonds. The Bertz CT molecular complexity index is 116. The Kier molecular flexibility index (Phi) is 4.63. The molecule has 0 heterocycles. The molecule has 0 rings (SSSR count). The zero-order valence-corrected chi connectivity index (χ0v) is 6.96. The standard InChI is InChI=1S/C8H16N2/c1-5-8(7(2)3)10-6-9-4/h5-8H,1H2,2-4H3,(H,9,10). The van der Waals surface area contributed by atoms with Gasteiger partial charge < -0.3 is 5.32 Å². The van der Waals surface area contributed by atoms with Crippen molar-refractivity contribution < 1.29 is 0 Å². The highest BCUT2D eigenvalue weighted by Crippen LogP contribution is 2.00. The third-order valence-corrected chi connectivity index (χ3v) is 1.37. The Hall–Kier alpha value is -0.790. The Balaban J connectivity index is 3.71. The fourth-order valence-electron chi connectivity index (χ4n) is 0.693. The summed E-state index contributed by atoms with van der Waals surface area (Å²) in [4.78, 5) is 3.82. The second kappa shape index (κ2) is 5.03. The van der Waals surface area contributed by atoms with Crippen molar-refractivity contribution in [3.63, 3.8) is 0 Å². The van der Waals surface area contributed by atoms with E-state index in [-0.39, 0.29) is 0 Å². The minimum atomic E-state index is 0.337. The van der Waals surface area contributed by atoms with Crippen LogP contribution in [0.1, 0.15) is 13.8 Å². The molecule has 10 heavy (non-hydrogen) atoms. The molecule has 58 valence electrons. The van der Waals surface area contributed by atoms with E-state index in [0.29, 0.717) is 12.0 Å². The van der Waals surface area contributed by atoms with Crippen LogP contribution in [-0.4, -0.2) is 19.4 Å². The van der Waals surface area contributed by atoms with Gasteiger partial charge in [-0.05, 0) is 5.92 Å². The van der Waals surface area contributed by atoms with E-state index in [0.717, 1.165) is 0 Å². The smallest absolute Gasteiger partial charge is 0.0825 e. The maximum absolute atomic E-state index is 3.82. The second-order valence-electron chi connectivity index (χ2n) is 2.56. The monoisotopic (exact) mass is 140 g/mol. The first-order valence-corrected chi connectivity index (χ1v) is 3.51. The van der Waals surface area contributed by atoms with Crippen LogP contribution < -0.4 is 5.32 Å². The normalized spacial score (nSPS) is 14.0. The number of rotatable bonds is 4. The van der Waals surface area contributed by atoms with Crippen molar-refractivity contribution in [1.82, 2.24) is 5.32 Å². The highest BCUT2D eigenvalue weighted by molar-refractivity contribution is 5.54. The first-order valence-electron chi connectivity index (χ1n) is 3.51. The summed E-state index contributed by atoms with van der Waals surface area (Å²) in [7, 11) is 1.74. The third kappa shape index (κ3) is 3.28. The average molecular weight is 140 g/mol. The molecule has 0 fully saturated rings. The minimum absolute atomic E-state index is 0.337. The number of nitrogens with zero attached hydrogens (tertiary/aromatic N) is 1. The lowest BCUT2D eigenvalue weighted by Crippen LogP contribution is -2.30. The molecule has 0 spiro atoms. The van der Waals surface area contributed by atoms with E-state index >= 15 is 0 Å². The SMILES string of the molecule is C=CC(NC=NC)C(C)C. The Morgan fingerprint density at radius 2 is 2.10 bits per heavy atom. The Morgan fingerprint density at radius 3 is 2.40 bits per heavy atom. The first-order chi connectivity index (χ1) is 4.72. The van der Waals surface area contributed by atoms with Crippen LogP contribution in [0.3, 0.4) is 0 Å². The highest BCUT2D eigenvalue weighted by Gasteiger charge is 2.04. The molecule has 2 nitrogen and oxygen atoms in total. The minimum Gasteiger partial charge on any atom is -0.370 e. The van der Waals surface area contributed by atoms with Crippen LogP contribution in [0.25, 0.3) is 0 Å². The van der Waals surface area contributed by atoms with E-state index in [4.69, 9.17) is 0 Å². The Morgan fingerprint density at radius 1 is 1.50 bits per heavy atom. The summed E-state index contributed by atoms with van der Waals surface area (Å²) < 4.78 is 0. The van der Waals surface area contributed by atoms with E-state index in [1.807, 2.05) is 6.08 Å². The summed E-state index contributed by atoms with van der Waals surface area (Å²) in [6.45, 7) is 7.99. The second-order valence-corrected chi connectivity index (χ2v) is 2.56. The number of hydrogen-bond donors (Lipinski definition) is 1. The molecule has 0 radical (unpaired) electrons. The van der Waals surface area contributed by atoms with Crippen molar-refractivity contribution in [3.05, 3.63) is 12.7 Å². The highest BCUT2D eigenvalue weighted by atomic mass is 15.0. The fourth-order valence-corrected chi connectivity index (χ4v) is 0.693. The molecule has 0 aromatic heterocycles. The predicted octanol–water partition coefficient (Wildman–Crippen LogP) is 1.44. The van der Waals surface area contributed by atoms with Crippen molar-refractivity contribution in [1.29, 1.82) is 0 Å². The predicted molar refractivity (Wildman–Crippen MR) is 46.4 cm³/mol. The molecule has 0 aliphatic carbocycles. The van der Waals surface area contributed by atoms with Gasteiger partial charge in [0.2, 0.25) is 0 Å². The van der Waals surface area contributed by atoms with E-state index in [2.05, 4.69) is 30.7 Å². The number of nitrogens with one attached hydrogen (secondary N) is 1.